The molecule has 3 heterocycles. The van der Waals surface area contributed by atoms with Crippen LogP contribution in [-0.2, 0) is 0 Å². The van der Waals surface area contributed by atoms with Gasteiger partial charge in [0.2, 0.25) is 0 Å². The number of hydrogen-bond donors (Lipinski definition) is 3. The van der Waals surface area contributed by atoms with Gasteiger partial charge in [-0.1, -0.05) is 17.1 Å². The van der Waals surface area contributed by atoms with Crippen molar-refractivity contribution < 1.29 is 4.57 Å². The molecule has 124 valence electrons. The number of anilines is 1. The number of para-hydroxylation sites is 2. The van der Waals surface area contributed by atoms with Crippen LogP contribution in [0.4, 0.5) is 5.69 Å². The lowest BCUT2D eigenvalue weighted by atomic mass is 10.3. The number of aromatic amines is 1. The van der Waals surface area contributed by atoms with Crippen LogP contribution in [0, 0.1) is 0 Å². The first-order valence-corrected chi connectivity index (χ1v) is 9.05. The maximum absolute atomic E-state index is 4.62. The van der Waals surface area contributed by atoms with E-state index in [-0.39, 0.29) is 4.71 Å². The minimum Gasteiger partial charge on any atom is -0.369 e. The van der Waals surface area contributed by atoms with E-state index in [1.165, 1.54) is 5.69 Å². The highest BCUT2D eigenvalue weighted by Gasteiger charge is 2.20. The van der Waals surface area contributed by atoms with E-state index in [4.69, 9.17) is 0 Å². The Bertz CT molecular complexity index is 789. The molecule has 1 aliphatic rings. The molecular formula is C17H20N5S2+. The van der Waals surface area contributed by atoms with E-state index in [0.29, 0.717) is 0 Å². The summed E-state index contributed by atoms with van der Waals surface area (Å²) in [7, 11) is 0. The summed E-state index contributed by atoms with van der Waals surface area (Å²) in [6, 6.07) is 12.3. The Labute approximate surface area is 152 Å². The van der Waals surface area contributed by atoms with Crippen molar-refractivity contribution in [3.63, 3.8) is 0 Å². The Balaban J connectivity index is 1.51. The summed E-state index contributed by atoms with van der Waals surface area (Å²) in [5, 5.41) is 0. The van der Waals surface area contributed by atoms with Crippen LogP contribution in [-0.4, -0.2) is 45.8 Å². The summed E-state index contributed by atoms with van der Waals surface area (Å²) >= 11 is 8.78. The monoisotopic (exact) mass is 358 g/mol. The Morgan fingerprint density at radius 1 is 1.00 bits per heavy atom. The van der Waals surface area contributed by atoms with Crippen LogP contribution >= 0.6 is 25.3 Å². The molecule has 24 heavy (non-hydrogen) atoms. The molecule has 1 aromatic carbocycles. The second-order valence-electron chi connectivity index (χ2n) is 5.91. The molecule has 0 bridgehead atoms. The third-order valence-corrected chi connectivity index (χ3v) is 5.09. The zero-order valence-corrected chi connectivity index (χ0v) is 15.0. The highest BCUT2D eigenvalue weighted by molar-refractivity contribution is 7.99. The molecular weight excluding hydrogens is 338 g/mol. The Hall–Kier alpha value is -1.70. The van der Waals surface area contributed by atoms with E-state index in [2.05, 4.69) is 69.6 Å². The molecule has 7 heteroatoms. The fourth-order valence-electron chi connectivity index (χ4n) is 3.04. The fraction of sp³-hybridized carbons (Fsp3) is 0.294. The van der Waals surface area contributed by atoms with Crippen LogP contribution in [0.15, 0.2) is 48.8 Å². The van der Waals surface area contributed by atoms with Gasteiger partial charge in [-0.2, -0.15) is 0 Å². The van der Waals surface area contributed by atoms with Crippen LogP contribution in [0.3, 0.4) is 0 Å². The average molecular weight is 359 g/mol. The minimum atomic E-state index is 0.0261. The van der Waals surface area contributed by atoms with E-state index in [1.54, 1.807) is 0 Å². The Morgan fingerprint density at radius 3 is 2.38 bits per heavy atom. The lowest BCUT2D eigenvalue weighted by molar-refractivity contribution is -0.602. The molecule has 0 spiro atoms. The largest absolute Gasteiger partial charge is 0.401 e. The van der Waals surface area contributed by atoms with E-state index in [9.17, 15) is 0 Å². The molecule has 0 atom stereocenters. The molecule has 1 aliphatic heterocycles. The van der Waals surface area contributed by atoms with Crippen molar-refractivity contribution in [2.45, 2.75) is 4.71 Å². The molecule has 3 aromatic rings. The number of hydrogen-bond acceptors (Lipinski definition) is 5. The Kier molecular flexibility index (Phi) is 4.39. The number of rotatable bonds is 3. The zero-order valence-electron chi connectivity index (χ0n) is 13.2. The third kappa shape index (κ3) is 3.11. The predicted octanol–water partition coefficient (Wildman–Crippen LogP) is 2.10. The van der Waals surface area contributed by atoms with Crippen molar-refractivity contribution in [1.82, 2.24) is 14.9 Å². The molecule has 1 saturated heterocycles. The van der Waals surface area contributed by atoms with Gasteiger partial charge in [-0.05, 0) is 24.3 Å². The zero-order chi connectivity index (χ0) is 16.5. The van der Waals surface area contributed by atoms with Gasteiger partial charge in [0.15, 0.2) is 5.52 Å². The average Bonchev–Trinajstić information content (AvgIpc) is 3.06. The van der Waals surface area contributed by atoms with E-state index < -0.39 is 0 Å². The van der Waals surface area contributed by atoms with E-state index >= 15 is 0 Å². The van der Waals surface area contributed by atoms with Crippen molar-refractivity contribution >= 4 is 42.0 Å². The quantitative estimate of drug-likeness (QED) is 0.381. The van der Waals surface area contributed by atoms with Crippen LogP contribution in [0.2, 0.25) is 0 Å². The lowest BCUT2D eigenvalue weighted by Crippen LogP contribution is -2.48. The second kappa shape index (κ2) is 6.66. The van der Waals surface area contributed by atoms with Crippen LogP contribution in [0.25, 0.3) is 17.0 Å². The van der Waals surface area contributed by atoms with Crippen LogP contribution < -0.4 is 9.47 Å². The molecule has 2 aromatic heterocycles. The molecule has 4 rings (SSSR count). The summed E-state index contributed by atoms with van der Waals surface area (Å²) in [5.74, 6) is 0.834. The van der Waals surface area contributed by atoms with Crippen molar-refractivity contribution in [3.05, 3.63) is 48.8 Å². The molecule has 5 nitrogen and oxygen atoms in total. The maximum Gasteiger partial charge on any atom is 0.401 e. The number of benzene rings is 1. The smallest absolute Gasteiger partial charge is 0.369 e. The van der Waals surface area contributed by atoms with Gasteiger partial charge in [0, 0.05) is 31.9 Å². The number of piperazine rings is 1. The summed E-state index contributed by atoms with van der Waals surface area (Å²) in [4.78, 5) is 12.6. The third-order valence-electron chi connectivity index (χ3n) is 4.44. The highest BCUT2D eigenvalue weighted by Crippen LogP contribution is 2.18. The summed E-state index contributed by atoms with van der Waals surface area (Å²) in [5.41, 5.74) is 3.26. The minimum absolute atomic E-state index is 0.0261. The summed E-state index contributed by atoms with van der Waals surface area (Å²) < 4.78 is 2.04. The van der Waals surface area contributed by atoms with Gasteiger partial charge in [-0.25, -0.2) is 9.55 Å². The number of aromatic nitrogens is 3. The van der Waals surface area contributed by atoms with Crippen molar-refractivity contribution in [3.8, 4) is 5.95 Å². The second-order valence-corrected chi connectivity index (χ2v) is 7.30. The first kappa shape index (κ1) is 15.8. The molecule has 0 amide bonds. The SMILES string of the molecule is SC(S)N1CCN(c2cc[n+](-c3nc4ccccc4[nH]3)cc2)CC1. The van der Waals surface area contributed by atoms with Crippen molar-refractivity contribution in [2.75, 3.05) is 31.1 Å². The van der Waals surface area contributed by atoms with Crippen molar-refractivity contribution in [2.24, 2.45) is 0 Å². The number of fused-ring (bicyclic) bond motifs is 1. The van der Waals surface area contributed by atoms with Gasteiger partial charge >= 0.3 is 5.95 Å². The number of H-pyrrole nitrogens is 1. The number of imidazole rings is 1. The molecule has 0 unspecified atom stereocenters. The predicted molar refractivity (Wildman–Crippen MR) is 103 cm³/mol. The van der Waals surface area contributed by atoms with Gasteiger partial charge in [0.25, 0.3) is 0 Å². The van der Waals surface area contributed by atoms with Crippen LogP contribution in [0.5, 0.6) is 0 Å². The summed E-state index contributed by atoms with van der Waals surface area (Å²) in [6.07, 6.45) is 4.11. The maximum atomic E-state index is 4.62. The van der Waals surface area contributed by atoms with Gasteiger partial charge in [-0.3, -0.25) is 4.90 Å². The van der Waals surface area contributed by atoms with E-state index in [1.807, 2.05) is 28.8 Å². The number of nitrogens with one attached hydrogen (secondary N) is 1. The first-order valence-electron chi connectivity index (χ1n) is 8.02. The highest BCUT2D eigenvalue weighted by atomic mass is 32.2. The molecule has 0 radical (unpaired) electrons. The van der Waals surface area contributed by atoms with Gasteiger partial charge in [-0.15, -0.1) is 25.3 Å². The number of pyridine rings is 1. The topological polar surface area (TPSA) is 39.0 Å². The number of thiol groups is 2. The molecule has 1 N–H and O–H groups in total. The Morgan fingerprint density at radius 2 is 1.71 bits per heavy atom. The molecule has 0 aliphatic carbocycles. The van der Waals surface area contributed by atoms with Gasteiger partial charge < -0.3 is 4.90 Å². The van der Waals surface area contributed by atoms with E-state index in [0.717, 1.165) is 43.2 Å². The fourth-order valence-corrected chi connectivity index (χ4v) is 3.51. The number of nitrogens with zero attached hydrogens (tertiary/aromatic N) is 4. The lowest BCUT2D eigenvalue weighted by Gasteiger charge is -2.37. The van der Waals surface area contributed by atoms with Gasteiger partial charge in [0.05, 0.1) is 17.1 Å². The standard InChI is InChI=1S/C17H19N5S2/c23-17(24)22-11-9-20(10-12-22)13-5-7-21(8-6-13)16-18-14-3-1-2-4-15(14)19-16/h1-8,17H,9-12H2,(H2-,18,19,23,24)/p+1. The normalized spacial score (nSPS) is 16.2. The summed E-state index contributed by atoms with van der Waals surface area (Å²) in [6.45, 7) is 3.95. The van der Waals surface area contributed by atoms with Crippen molar-refractivity contribution in [1.29, 1.82) is 0 Å². The first-order chi connectivity index (χ1) is 11.7. The molecule has 0 saturated carbocycles. The van der Waals surface area contributed by atoms with Gasteiger partial charge in [0.1, 0.15) is 5.52 Å². The van der Waals surface area contributed by atoms with Crippen LogP contribution in [0.1, 0.15) is 0 Å². The molecule has 1 fully saturated rings.